The van der Waals surface area contributed by atoms with Gasteiger partial charge in [-0.2, -0.15) is 0 Å². The topological polar surface area (TPSA) is 111 Å². The zero-order valence-corrected chi connectivity index (χ0v) is 23.2. The Morgan fingerprint density at radius 3 is 2.39 bits per heavy atom. The molecule has 1 atom stereocenters. The number of methoxy groups -OCH3 is 1. The van der Waals surface area contributed by atoms with Gasteiger partial charge < -0.3 is 14.8 Å². The summed E-state index contributed by atoms with van der Waals surface area (Å²) in [6.45, 7) is 5.16. The molecule has 1 unspecified atom stereocenters. The standard InChI is InChI=1S/C28H38ClN3O6/c1-19-24(27(33)37-3)26(21-10-9-13-23(18-21)32(35)36)25(20(2)30-19)28(34)38-17-16-31(15-8-7-14-29)22-11-5-4-6-12-22/h9-10,13,18,22,26,30H,4-8,11-12,14-17H2,1-3H3. The highest BCUT2D eigenvalue weighted by Crippen LogP contribution is 2.40. The highest BCUT2D eigenvalue weighted by atomic mass is 35.5. The van der Waals surface area contributed by atoms with E-state index < -0.39 is 22.8 Å². The van der Waals surface area contributed by atoms with Gasteiger partial charge in [-0.15, -0.1) is 11.6 Å². The van der Waals surface area contributed by atoms with Gasteiger partial charge in [0.1, 0.15) is 6.61 Å². The zero-order valence-electron chi connectivity index (χ0n) is 22.5. The number of nitro groups is 1. The molecule has 0 saturated heterocycles. The molecule has 38 heavy (non-hydrogen) atoms. The second-order valence-electron chi connectivity index (χ2n) is 9.84. The first-order valence-electron chi connectivity index (χ1n) is 13.3. The van der Waals surface area contributed by atoms with Crippen LogP contribution in [-0.2, 0) is 19.1 Å². The zero-order chi connectivity index (χ0) is 27.7. The summed E-state index contributed by atoms with van der Waals surface area (Å²) in [6.07, 6.45) is 7.89. The molecular formula is C28H38ClN3O6. The molecule has 1 aromatic rings. The van der Waals surface area contributed by atoms with Crippen LogP contribution in [0.25, 0.3) is 0 Å². The summed E-state index contributed by atoms with van der Waals surface area (Å²) in [5.74, 6) is -1.42. The van der Waals surface area contributed by atoms with Gasteiger partial charge in [-0.05, 0) is 51.6 Å². The van der Waals surface area contributed by atoms with Crippen molar-refractivity contribution in [3.8, 4) is 0 Å². The maximum atomic E-state index is 13.5. The number of hydrogen-bond donors (Lipinski definition) is 1. The van der Waals surface area contributed by atoms with Crippen LogP contribution < -0.4 is 5.32 Å². The van der Waals surface area contributed by atoms with Crippen LogP contribution in [0.2, 0.25) is 0 Å². The predicted molar refractivity (Wildman–Crippen MR) is 146 cm³/mol. The van der Waals surface area contributed by atoms with Crippen LogP contribution >= 0.6 is 11.6 Å². The lowest BCUT2D eigenvalue weighted by molar-refractivity contribution is -0.384. The summed E-state index contributed by atoms with van der Waals surface area (Å²) < 4.78 is 10.8. The second-order valence-corrected chi connectivity index (χ2v) is 10.2. The van der Waals surface area contributed by atoms with Crippen LogP contribution in [0.3, 0.4) is 0 Å². The monoisotopic (exact) mass is 547 g/mol. The molecule has 1 saturated carbocycles. The Bertz CT molecular complexity index is 1080. The predicted octanol–water partition coefficient (Wildman–Crippen LogP) is 5.20. The highest BCUT2D eigenvalue weighted by Gasteiger charge is 2.38. The van der Waals surface area contributed by atoms with Crippen LogP contribution in [0.4, 0.5) is 5.69 Å². The molecule has 2 aliphatic rings. The van der Waals surface area contributed by atoms with Crippen LogP contribution in [0.15, 0.2) is 46.8 Å². The van der Waals surface area contributed by atoms with Gasteiger partial charge in [0.15, 0.2) is 0 Å². The molecule has 1 fully saturated rings. The number of carbonyl (C=O) groups excluding carboxylic acids is 2. The van der Waals surface area contributed by atoms with E-state index in [2.05, 4.69) is 10.2 Å². The van der Waals surface area contributed by atoms with Gasteiger partial charge in [0.2, 0.25) is 0 Å². The molecule has 10 heteroatoms. The van der Waals surface area contributed by atoms with Crippen molar-refractivity contribution in [1.29, 1.82) is 0 Å². The van der Waals surface area contributed by atoms with Gasteiger partial charge >= 0.3 is 11.9 Å². The summed E-state index contributed by atoms with van der Waals surface area (Å²) in [6, 6.07) is 6.44. The molecule has 1 aromatic carbocycles. The summed E-state index contributed by atoms with van der Waals surface area (Å²) in [5, 5.41) is 14.6. The summed E-state index contributed by atoms with van der Waals surface area (Å²) in [4.78, 5) is 39.7. The van der Waals surface area contributed by atoms with Crippen molar-refractivity contribution in [2.24, 2.45) is 0 Å². The smallest absolute Gasteiger partial charge is 0.336 e. The minimum Gasteiger partial charge on any atom is -0.466 e. The molecular weight excluding hydrogens is 510 g/mol. The van der Waals surface area contributed by atoms with E-state index in [0.29, 0.717) is 35.4 Å². The SMILES string of the molecule is COC(=O)C1=C(C)NC(C)=C(C(=O)OCCN(CCCCCl)C2CCCCC2)C1c1cccc([N+](=O)[O-])c1. The third-order valence-corrected chi connectivity index (χ3v) is 7.60. The molecule has 1 heterocycles. The number of ether oxygens (including phenoxy) is 2. The Balaban J connectivity index is 1.83. The van der Waals surface area contributed by atoms with Crippen molar-refractivity contribution in [2.45, 2.75) is 70.8 Å². The third-order valence-electron chi connectivity index (χ3n) is 7.33. The van der Waals surface area contributed by atoms with E-state index in [-0.39, 0.29) is 23.4 Å². The number of esters is 2. The number of unbranched alkanes of at least 4 members (excludes halogenated alkanes) is 1. The molecule has 208 valence electrons. The maximum Gasteiger partial charge on any atom is 0.336 e. The minimum atomic E-state index is -0.866. The van der Waals surface area contributed by atoms with E-state index in [4.69, 9.17) is 21.1 Å². The lowest BCUT2D eigenvalue weighted by Gasteiger charge is -2.34. The van der Waals surface area contributed by atoms with Crippen LogP contribution in [0.1, 0.15) is 70.3 Å². The van der Waals surface area contributed by atoms with Gasteiger partial charge in [0.05, 0.1) is 29.1 Å². The summed E-state index contributed by atoms with van der Waals surface area (Å²) in [7, 11) is 1.26. The third kappa shape index (κ3) is 7.35. The number of alkyl halides is 1. The lowest BCUT2D eigenvalue weighted by Crippen LogP contribution is -2.40. The van der Waals surface area contributed by atoms with Crippen molar-refractivity contribution >= 4 is 29.2 Å². The number of halogens is 1. The molecule has 0 bridgehead atoms. The van der Waals surface area contributed by atoms with Crippen molar-refractivity contribution in [3.63, 3.8) is 0 Å². The van der Waals surface area contributed by atoms with Gasteiger partial charge in [0.25, 0.3) is 5.69 Å². The van der Waals surface area contributed by atoms with E-state index in [9.17, 15) is 19.7 Å². The number of nitrogens with zero attached hydrogens (tertiary/aromatic N) is 2. The largest absolute Gasteiger partial charge is 0.466 e. The van der Waals surface area contributed by atoms with Gasteiger partial charge in [-0.3, -0.25) is 15.0 Å². The lowest BCUT2D eigenvalue weighted by atomic mass is 9.80. The number of dihydropyridines is 1. The van der Waals surface area contributed by atoms with Crippen LogP contribution in [0, 0.1) is 10.1 Å². The Kier molecular flexibility index (Phi) is 11.2. The van der Waals surface area contributed by atoms with Crippen molar-refractivity contribution in [1.82, 2.24) is 10.2 Å². The molecule has 0 amide bonds. The van der Waals surface area contributed by atoms with Crippen LogP contribution in [0.5, 0.6) is 0 Å². The van der Waals surface area contributed by atoms with E-state index in [0.717, 1.165) is 32.2 Å². The molecule has 0 spiro atoms. The normalized spacial score (nSPS) is 18.4. The average molecular weight is 548 g/mol. The fraction of sp³-hybridized carbons (Fsp3) is 0.571. The van der Waals surface area contributed by atoms with Crippen molar-refractivity contribution < 1.29 is 24.0 Å². The second kappa shape index (κ2) is 14.3. The average Bonchev–Trinajstić information content (AvgIpc) is 2.91. The van der Waals surface area contributed by atoms with E-state index in [1.165, 1.54) is 38.5 Å². The fourth-order valence-electron chi connectivity index (χ4n) is 5.46. The van der Waals surface area contributed by atoms with E-state index in [1.807, 2.05) is 0 Å². The number of non-ortho nitro benzene ring substituents is 1. The molecule has 1 N–H and O–H groups in total. The van der Waals surface area contributed by atoms with Crippen LogP contribution in [-0.4, -0.2) is 60.5 Å². The Morgan fingerprint density at radius 1 is 1.08 bits per heavy atom. The van der Waals surface area contributed by atoms with Crippen molar-refractivity contribution in [3.05, 3.63) is 62.5 Å². The number of carbonyl (C=O) groups is 2. The Hall–Kier alpha value is -2.91. The first kappa shape index (κ1) is 29.6. The highest BCUT2D eigenvalue weighted by molar-refractivity contribution is 6.17. The summed E-state index contributed by atoms with van der Waals surface area (Å²) in [5.41, 5.74) is 1.82. The number of rotatable bonds is 12. The Morgan fingerprint density at radius 2 is 1.76 bits per heavy atom. The quantitative estimate of drug-likeness (QED) is 0.125. The number of nitro benzene ring substituents is 1. The molecule has 9 nitrogen and oxygen atoms in total. The fourth-order valence-corrected chi connectivity index (χ4v) is 5.65. The summed E-state index contributed by atoms with van der Waals surface area (Å²) >= 11 is 5.89. The minimum absolute atomic E-state index is 0.131. The Labute approximate surface area is 229 Å². The van der Waals surface area contributed by atoms with Gasteiger partial charge in [-0.1, -0.05) is 31.4 Å². The van der Waals surface area contributed by atoms with Gasteiger partial charge in [-0.25, -0.2) is 9.59 Å². The number of hydrogen-bond acceptors (Lipinski definition) is 8. The molecule has 1 aliphatic heterocycles. The van der Waals surface area contributed by atoms with Gasteiger partial charge in [0, 0.05) is 42.0 Å². The number of benzene rings is 1. The first-order chi connectivity index (χ1) is 18.3. The van der Waals surface area contributed by atoms with Crippen molar-refractivity contribution in [2.75, 3.05) is 32.7 Å². The molecule has 0 aromatic heterocycles. The van der Waals surface area contributed by atoms with E-state index >= 15 is 0 Å². The molecule has 3 rings (SSSR count). The number of nitrogens with one attached hydrogen (secondary N) is 1. The van der Waals surface area contributed by atoms with E-state index in [1.54, 1.807) is 26.0 Å². The maximum absolute atomic E-state index is 13.5. The molecule has 0 radical (unpaired) electrons. The molecule has 1 aliphatic carbocycles. The number of allylic oxidation sites excluding steroid dienone is 2. The first-order valence-corrected chi connectivity index (χ1v) is 13.8.